The topological polar surface area (TPSA) is 79.3 Å². The fourth-order valence-electron chi connectivity index (χ4n) is 1.57. The van der Waals surface area contributed by atoms with Gasteiger partial charge in [-0.15, -0.1) is 0 Å². The fraction of sp³-hybridized carbons (Fsp3) is 0.154. The molecular formula is C13H14N2O3S. The van der Waals surface area contributed by atoms with E-state index in [1.54, 1.807) is 36.7 Å². The van der Waals surface area contributed by atoms with Crippen LogP contribution in [0.1, 0.15) is 11.1 Å². The van der Waals surface area contributed by atoms with E-state index in [1.165, 1.54) is 12.1 Å². The van der Waals surface area contributed by atoms with Crippen molar-refractivity contribution >= 4 is 10.0 Å². The lowest BCUT2D eigenvalue weighted by atomic mass is 10.2. The highest BCUT2D eigenvalue weighted by atomic mass is 32.2. The minimum atomic E-state index is -3.57. The van der Waals surface area contributed by atoms with Crippen LogP contribution >= 0.6 is 0 Å². The predicted octanol–water partition coefficient (Wildman–Crippen LogP) is 1.05. The van der Waals surface area contributed by atoms with Crippen molar-refractivity contribution in [2.75, 3.05) is 0 Å². The maximum absolute atomic E-state index is 12.1. The van der Waals surface area contributed by atoms with Gasteiger partial charge < -0.3 is 5.11 Å². The van der Waals surface area contributed by atoms with E-state index in [1.807, 2.05) is 0 Å². The minimum absolute atomic E-state index is 0.146. The summed E-state index contributed by atoms with van der Waals surface area (Å²) in [6.07, 6.45) is 3.21. The number of hydrogen-bond donors (Lipinski definition) is 2. The van der Waals surface area contributed by atoms with Gasteiger partial charge in [-0.3, -0.25) is 4.98 Å². The zero-order valence-electron chi connectivity index (χ0n) is 10.2. The van der Waals surface area contributed by atoms with Crippen LogP contribution in [0.3, 0.4) is 0 Å². The van der Waals surface area contributed by atoms with E-state index in [-0.39, 0.29) is 18.0 Å². The number of rotatable bonds is 5. The van der Waals surface area contributed by atoms with E-state index in [0.29, 0.717) is 5.56 Å². The Bertz CT molecular complexity index is 642. The van der Waals surface area contributed by atoms with Crippen molar-refractivity contribution in [2.24, 2.45) is 0 Å². The summed E-state index contributed by atoms with van der Waals surface area (Å²) in [5.41, 5.74) is 1.39. The van der Waals surface area contributed by atoms with Crippen LogP contribution in [0, 0.1) is 0 Å². The summed E-state index contributed by atoms with van der Waals surface area (Å²) < 4.78 is 26.6. The highest BCUT2D eigenvalue weighted by Gasteiger charge is 2.13. The normalized spacial score (nSPS) is 11.4. The lowest BCUT2D eigenvalue weighted by Gasteiger charge is -2.07. The first-order valence-corrected chi connectivity index (χ1v) is 7.18. The van der Waals surface area contributed by atoms with Gasteiger partial charge in [-0.2, -0.15) is 0 Å². The van der Waals surface area contributed by atoms with Gasteiger partial charge in [0.25, 0.3) is 0 Å². The van der Waals surface area contributed by atoms with Crippen LogP contribution in [0.4, 0.5) is 0 Å². The summed E-state index contributed by atoms with van der Waals surface area (Å²) in [4.78, 5) is 4.01. The number of sulfonamides is 1. The molecule has 0 aliphatic heterocycles. The zero-order valence-corrected chi connectivity index (χ0v) is 11.0. The Kier molecular flexibility index (Phi) is 4.26. The first-order valence-electron chi connectivity index (χ1n) is 5.70. The molecule has 0 atom stereocenters. The number of benzene rings is 1. The third-order valence-electron chi connectivity index (χ3n) is 2.61. The molecule has 0 saturated heterocycles. The Hall–Kier alpha value is -1.76. The molecule has 0 saturated carbocycles. The van der Waals surface area contributed by atoms with Crippen molar-refractivity contribution in [3.63, 3.8) is 0 Å². The number of nitrogens with one attached hydrogen (secondary N) is 1. The van der Waals surface area contributed by atoms with Gasteiger partial charge in [0.05, 0.1) is 11.5 Å². The van der Waals surface area contributed by atoms with Crippen LogP contribution in [-0.4, -0.2) is 18.5 Å². The maximum Gasteiger partial charge on any atom is 0.240 e. The third kappa shape index (κ3) is 3.60. The van der Waals surface area contributed by atoms with Gasteiger partial charge in [0.1, 0.15) is 0 Å². The molecule has 0 bridgehead atoms. The number of aliphatic hydroxyl groups is 1. The Balaban J connectivity index is 2.14. The predicted molar refractivity (Wildman–Crippen MR) is 70.6 cm³/mol. The molecule has 0 spiro atoms. The van der Waals surface area contributed by atoms with Gasteiger partial charge in [-0.25, -0.2) is 13.1 Å². The van der Waals surface area contributed by atoms with Crippen molar-refractivity contribution < 1.29 is 13.5 Å². The molecule has 0 aliphatic rings. The second-order valence-electron chi connectivity index (χ2n) is 3.99. The maximum atomic E-state index is 12.1. The Morgan fingerprint density at radius 1 is 1.11 bits per heavy atom. The Labute approximate surface area is 112 Å². The third-order valence-corrected chi connectivity index (χ3v) is 4.01. The van der Waals surface area contributed by atoms with Gasteiger partial charge in [0.15, 0.2) is 0 Å². The molecule has 2 rings (SSSR count). The molecule has 0 radical (unpaired) electrons. The molecule has 5 nitrogen and oxygen atoms in total. The van der Waals surface area contributed by atoms with E-state index in [0.717, 1.165) is 5.56 Å². The Morgan fingerprint density at radius 2 is 1.84 bits per heavy atom. The van der Waals surface area contributed by atoms with E-state index >= 15 is 0 Å². The zero-order chi connectivity index (χ0) is 13.7. The van der Waals surface area contributed by atoms with E-state index < -0.39 is 10.0 Å². The van der Waals surface area contributed by atoms with Crippen LogP contribution in [0.2, 0.25) is 0 Å². The summed E-state index contributed by atoms with van der Waals surface area (Å²) >= 11 is 0. The molecule has 1 heterocycles. The van der Waals surface area contributed by atoms with Crippen LogP contribution < -0.4 is 4.72 Å². The molecular weight excluding hydrogens is 264 g/mol. The van der Waals surface area contributed by atoms with E-state index in [4.69, 9.17) is 5.11 Å². The average Bonchev–Trinajstić information content (AvgIpc) is 2.46. The largest absolute Gasteiger partial charge is 0.392 e. The van der Waals surface area contributed by atoms with Crippen molar-refractivity contribution in [2.45, 2.75) is 18.0 Å². The van der Waals surface area contributed by atoms with Gasteiger partial charge in [-0.1, -0.05) is 12.1 Å². The molecule has 1 aromatic carbocycles. The van der Waals surface area contributed by atoms with Crippen molar-refractivity contribution in [3.8, 4) is 0 Å². The number of pyridine rings is 1. The Morgan fingerprint density at radius 3 is 2.53 bits per heavy atom. The molecule has 0 unspecified atom stereocenters. The average molecular weight is 278 g/mol. The molecule has 1 aromatic heterocycles. The molecule has 6 heteroatoms. The molecule has 2 aromatic rings. The molecule has 0 fully saturated rings. The van der Waals surface area contributed by atoms with Crippen LogP contribution in [0.5, 0.6) is 0 Å². The highest BCUT2D eigenvalue weighted by Crippen LogP contribution is 2.12. The highest BCUT2D eigenvalue weighted by molar-refractivity contribution is 7.89. The summed E-state index contributed by atoms with van der Waals surface area (Å²) in [5.74, 6) is 0. The standard InChI is InChI=1S/C13H14N2O3S/c16-10-12-2-1-3-13(8-12)19(17,18)15-9-11-4-6-14-7-5-11/h1-8,15-16H,9-10H2. The second kappa shape index (κ2) is 5.92. The minimum Gasteiger partial charge on any atom is -0.392 e. The quantitative estimate of drug-likeness (QED) is 0.857. The number of hydrogen-bond acceptors (Lipinski definition) is 4. The van der Waals surface area contributed by atoms with Crippen molar-refractivity contribution in [3.05, 3.63) is 59.9 Å². The fourth-order valence-corrected chi connectivity index (χ4v) is 2.66. The van der Waals surface area contributed by atoms with Crippen molar-refractivity contribution in [1.29, 1.82) is 0 Å². The van der Waals surface area contributed by atoms with Crippen LogP contribution in [0.25, 0.3) is 0 Å². The molecule has 0 aliphatic carbocycles. The van der Waals surface area contributed by atoms with Gasteiger partial charge >= 0.3 is 0 Å². The molecule has 100 valence electrons. The SMILES string of the molecule is O=S(=O)(NCc1ccncc1)c1cccc(CO)c1. The second-order valence-corrected chi connectivity index (χ2v) is 5.75. The smallest absolute Gasteiger partial charge is 0.240 e. The van der Waals surface area contributed by atoms with E-state index in [2.05, 4.69) is 9.71 Å². The summed E-state index contributed by atoms with van der Waals surface area (Å²) in [6, 6.07) is 9.71. The first-order chi connectivity index (χ1) is 9.12. The molecule has 2 N–H and O–H groups in total. The van der Waals surface area contributed by atoms with Crippen LogP contribution in [0.15, 0.2) is 53.7 Å². The summed E-state index contributed by atoms with van der Waals surface area (Å²) in [6.45, 7) is 0.0158. The van der Waals surface area contributed by atoms with Gasteiger partial charge in [0, 0.05) is 18.9 Å². The summed E-state index contributed by atoms with van der Waals surface area (Å²) in [5, 5.41) is 9.01. The summed E-state index contributed by atoms with van der Waals surface area (Å²) in [7, 11) is -3.57. The van der Waals surface area contributed by atoms with E-state index in [9.17, 15) is 8.42 Å². The number of aliphatic hydroxyl groups excluding tert-OH is 1. The lowest BCUT2D eigenvalue weighted by molar-refractivity contribution is 0.281. The first kappa shape index (κ1) is 13.7. The number of nitrogens with zero attached hydrogens (tertiary/aromatic N) is 1. The van der Waals surface area contributed by atoms with Crippen LogP contribution in [-0.2, 0) is 23.2 Å². The molecule has 19 heavy (non-hydrogen) atoms. The van der Waals surface area contributed by atoms with Gasteiger partial charge in [-0.05, 0) is 35.4 Å². The van der Waals surface area contributed by atoms with Crippen molar-refractivity contribution in [1.82, 2.24) is 9.71 Å². The van der Waals surface area contributed by atoms with Gasteiger partial charge in [0.2, 0.25) is 10.0 Å². The number of aromatic nitrogens is 1. The lowest BCUT2D eigenvalue weighted by Crippen LogP contribution is -2.23. The monoisotopic (exact) mass is 278 g/mol. The molecule has 0 amide bonds.